The zero-order chi connectivity index (χ0) is 23.0. The molecule has 0 aliphatic heterocycles. The summed E-state index contributed by atoms with van der Waals surface area (Å²) in [5, 5.41) is 5.71. The maximum absolute atomic E-state index is 13.6. The van der Waals surface area contributed by atoms with Crippen LogP contribution in [0.25, 0.3) is 0 Å². The van der Waals surface area contributed by atoms with E-state index in [9.17, 15) is 26.4 Å². The molecule has 0 aliphatic rings. The number of nitrogens with one attached hydrogen (secondary N) is 2. The van der Waals surface area contributed by atoms with Gasteiger partial charge in [-0.2, -0.15) is 13.2 Å². The predicted octanol–water partition coefficient (Wildman–Crippen LogP) is 5.36. The molecule has 13 heteroatoms. The summed E-state index contributed by atoms with van der Waals surface area (Å²) in [7, 11) is -4.41. The molecule has 3 rings (SSSR count). The standard InChI is InChI=1S/C18H12Cl2F3N3O4S/c1-9-12(8-24-30-9)17(27)25-10-2-5-16(13(6-10)18(21,22)23)26-31(28,29)11-3-4-14(19)15(20)7-11/h2-8,26H,1H3,(H,25,27). The fourth-order valence-electron chi connectivity index (χ4n) is 2.51. The molecule has 0 spiro atoms. The highest BCUT2D eigenvalue weighted by Crippen LogP contribution is 2.38. The van der Waals surface area contributed by atoms with Gasteiger partial charge in [0.15, 0.2) is 0 Å². The van der Waals surface area contributed by atoms with Gasteiger partial charge in [0.05, 0.1) is 32.4 Å². The summed E-state index contributed by atoms with van der Waals surface area (Å²) in [5.74, 6) is -0.560. The van der Waals surface area contributed by atoms with Crippen molar-refractivity contribution in [3.8, 4) is 0 Å². The van der Waals surface area contributed by atoms with Crippen molar-refractivity contribution >= 4 is 50.5 Å². The van der Waals surface area contributed by atoms with E-state index in [0.717, 1.165) is 30.5 Å². The summed E-state index contributed by atoms with van der Waals surface area (Å²) in [5.41, 5.74) is -2.22. The maximum atomic E-state index is 13.6. The number of aromatic nitrogens is 1. The molecule has 31 heavy (non-hydrogen) atoms. The first kappa shape index (κ1) is 22.9. The van der Waals surface area contributed by atoms with E-state index in [2.05, 4.69) is 10.5 Å². The number of nitrogens with zero attached hydrogens (tertiary/aromatic N) is 1. The lowest BCUT2D eigenvalue weighted by atomic mass is 10.1. The minimum Gasteiger partial charge on any atom is -0.361 e. The first-order valence-corrected chi connectivity index (χ1v) is 10.5. The van der Waals surface area contributed by atoms with E-state index in [4.69, 9.17) is 27.7 Å². The topological polar surface area (TPSA) is 101 Å². The number of alkyl halides is 3. The quantitative estimate of drug-likeness (QED) is 0.497. The van der Waals surface area contributed by atoms with Crippen molar-refractivity contribution in [2.45, 2.75) is 18.0 Å². The SMILES string of the molecule is Cc1oncc1C(=O)Nc1ccc(NS(=O)(=O)c2ccc(Cl)c(Cl)c2)c(C(F)(F)F)c1. The molecule has 2 aromatic carbocycles. The van der Waals surface area contributed by atoms with Crippen LogP contribution in [0.15, 0.2) is 52.0 Å². The van der Waals surface area contributed by atoms with E-state index in [0.29, 0.717) is 6.07 Å². The Morgan fingerprint density at radius 2 is 1.81 bits per heavy atom. The van der Waals surface area contributed by atoms with Crippen molar-refractivity contribution in [1.29, 1.82) is 0 Å². The van der Waals surface area contributed by atoms with Gasteiger partial charge >= 0.3 is 6.18 Å². The number of halogens is 5. The number of aryl methyl sites for hydroxylation is 1. The van der Waals surface area contributed by atoms with Gasteiger partial charge in [0.25, 0.3) is 15.9 Å². The lowest BCUT2D eigenvalue weighted by molar-refractivity contribution is -0.136. The fraction of sp³-hybridized carbons (Fsp3) is 0.111. The van der Waals surface area contributed by atoms with Gasteiger partial charge in [0.1, 0.15) is 11.3 Å². The molecule has 0 saturated carbocycles. The van der Waals surface area contributed by atoms with Crippen LogP contribution in [0.3, 0.4) is 0 Å². The van der Waals surface area contributed by atoms with Crippen LogP contribution in [0, 0.1) is 6.92 Å². The molecule has 0 unspecified atom stereocenters. The van der Waals surface area contributed by atoms with E-state index in [1.54, 1.807) is 0 Å². The van der Waals surface area contributed by atoms with Crippen LogP contribution in [-0.2, 0) is 16.2 Å². The van der Waals surface area contributed by atoms with Gasteiger partial charge in [-0.3, -0.25) is 9.52 Å². The monoisotopic (exact) mass is 493 g/mol. The molecule has 0 bridgehead atoms. The summed E-state index contributed by atoms with van der Waals surface area (Å²) in [6, 6.07) is 5.91. The molecule has 1 aromatic heterocycles. The Morgan fingerprint density at radius 3 is 2.39 bits per heavy atom. The fourth-order valence-corrected chi connectivity index (χ4v) is 3.98. The predicted molar refractivity (Wildman–Crippen MR) is 108 cm³/mol. The zero-order valence-corrected chi connectivity index (χ0v) is 17.7. The Balaban J connectivity index is 1.94. The van der Waals surface area contributed by atoms with Crippen LogP contribution in [0.2, 0.25) is 10.0 Å². The average molecular weight is 494 g/mol. The summed E-state index contributed by atoms with van der Waals surface area (Å²) in [6.45, 7) is 1.46. The Labute approximate surface area is 184 Å². The number of anilines is 2. The van der Waals surface area contributed by atoms with Crippen molar-refractivity contribution in [2.24, 2.45) is 0 Å². The van der Waals surface area contributed by atoms with Gasteiger partial charge in [-0.25, -0.2) is 8.42 Å². The Morgan fingerprint density at radius 1 is 1.10 bits per heavy atom. The number of rotatable bonds is 5. The smallest absolute Gasteiger partial charge is 0.361 e. The largest absolute Gasteiger partial charge is 0.418 e. The second-order valence-corrected chi connectivity index (χ2v) is 8.69. The van der Waals surface area contributed by atoms with Crippen LogP contribution < -0.4 is 10.0 Å². The Kier molecular flexibility index (Phi) is 6.21. The molecule has 0 fully saturated rings. The van der Waals surface area contributed by atoms with Crippen LogP contribution in [-0.4, -0.2) is 19.5 Å². The molecule has 2 N–H and O–H groups in total. The van der Waals surface area contributed by atoms with E-state index in [1.807, 2.05) is 4.72 Å². The van der Waals surface area contributed by atoms with Crippen molar-refractivity contribution in [3.63, 3.8) is 0 Å². The number of hydrogen-bond donors (Lipinski definition) is 2. The van der Waals surface area contributed by atoms with Gasteiger partial charge in [-0.05, 0) is 43.3 Å². The molecule has 1 heterocycles. The van der Waals surface area contributed by atoms with E-state index >= 15 is 0 Å². The molecule has 0 saturated heterocycles. The van der Waals surface area contributed by atoms with E-state index in [1.165, 1.54) is 13.0 Å². The van der Waals surface area contributed by atoms with E-state index in [-0.39, 0.29) is 32.0 Å². The summed E-state index contributed by atoms with van der Waals surface area (Å²) in [4.78, 5) is 11.8. The molecule has 1 amide bonds. The molecular weight excluding hydrogens is 482 g/mol. The number of carbonyl (C=O) groups is 1. The lowest BCUT2D eigenvalue weighted by Gasteiger charge is -2.17. The normalized spacial score (nSPS) is 11.9. The second-order valence-electron chi connectivity index (χ2n) is 6.19. The van der Waals surface area contributed by atoms with Crippen molar-refractivity contribution in [1.82, 2.24) is 5.16 Å². The summed E-state index contributed by atoms with van der Waals surface area (Å²) >= 11 is 11.5. The molecular formula is C18H12Cl2F3N3O4S. The zero-order valence-electron chi connectivity index (χ0n) is 15.4. The van der Waals surface area contributed by atoms with Crippen LogP contribution in [0.1, 0.15) is 21.7 Å². The van der Waals surface area contributed by atoms with Gasteiger partial charge < -0.3 is 9.84 Å². The average Bonchev–Trinajstić information content (AvgIpc) is 3.10. The first-order chi connectivity index (χ1) is 14.4. The third kappa shape index (κ3) is 5.12. The first-order valence-electron chi connectivity index (χ1n) is 8.30. The summed E-state index contributed by atoms with van der Waals surface area (Å²) in [6.07, 6.45) is -3.81. The molecule has 3 aromatic rings. The van der Waals surface area contributed by atoms with E-state index < -0.39 is 33.4 Å². The highest BCUT2D eigenvalue weighted by molar-refractivity contribution is 7.92. The van der Waals surface area contributed by atoms with Gasteiger partial charge in [-0.1, -0.05) is 28.4 Å². The van der Waals surface area contributed by atoms with Crippen molar-refractivity contribution in [3.05, 3.63) is 69.5 Å². The Bertz CT molecular complexity index is 1260. The summed E-state index contributed by atoms with van der Waals surface area (Å²) < 4.78 is 72.5. The molecule has 0 atom stereocenters. The molecule has 0 aliphatic carbocycles. The van der Waals surface area contributed by atoms with Gasteiger partial charge in [0, 0.05) is 5.69 Å². The van der Waals surface area contributed by atoms with Crippen LogP contribution in [0.4, 0.5) is 24.5 Å². The number of sulfonamides is 1. The van der Waals surface area contributed by atoms with Gasteiger partial charge in [-0.15, -0.1) is 0 Å². The van der Waals surface area contributed by atoms with Gasteiger partial charge in [0.2, 0.25) is 0 Å². The number of carbonyl (C=O) groups excluding carboxylic acids is 1. The minimum atomic E-state index is -4.93. The van der Waals surface area contributed by atoms with Crippen molar-refractivity contribution in [2.75, 3.05) is 10.0 Å². The minimum absolute atomic E-state index is 0.0398. The Hall–Kier alpha value is -2.76. The highest BCUT2D eigenvalue weighted by Gasteiger charge is 2.35. The number of hydrogen-bond acceptors (Lipinski definition) is 5. The lowest BCUT2D eigenvalue weighted by Crippen LogP contribution is -2.18. The third-order valence-corrected chi connectivity index (χ3v) is 6.13. The third-order valence-electron chi connectivity index (χ3n) is 4.02. The van der Waals surface area contributed by atoms with Crippen molar-refractivity contribution < 1.29 is 30.9 Å². The highest BCUT2D eigenvalue weighted by atomic mass is 35.5. The second kappa shape index (κ2) is 8.40. The maximum Gasteiger partial charge on any atom is 0.418 e. The van der Waals surface area contributed by atoms with Crippen LogP contribution >= 0.6 is 23.2 Å². The number of amides is 1. The molecule has 164 valence electrons. The number of benzene rings is 2. The molecule has 7 nitrogen and oxygen atoms in total. The molecule has 0 radical (unpaired) electrons. The van der Waals surface area contributed by atoms with Crippen LogP contribution in [0.5, 0.6) is 0 Å².